The third kappa shape index (κ3) is 1.49. The Morgan fingerprint density at radius 3 is 3.00 bits per heavy atom. The first-order valence-electron chi connectivity index (χ1n) is 7.42. The van der Waals surface area contributed by atoms with Crippen LogP contribution in [0, 0.1) is 23.8 Å². The molecule has 2 fully saturated rings. The molecule has 0 bridgehead atoms. The number of aryl methyl sites for hydroxylation is 1. The van der Waals surface area contributed by atoms with Crippen molar-refractivity contribution >= 4 is 0 Å². The van der Waals surface area contributed by atoms with E-state index in [1.807, 2.05) is 0 Å². The first-order valence-corrected chi connectivity index (χ1v) is 7.42. The van der Waals surface area contributed by atoms with Crippen LogP contribution in [0.15, 0.2) is 18.2 Å². The molecule has 3 aliphatic rings. The van der Waals surface area contributed by atoms with Gasteiger partial charge < -0.3 is 0 Å². The normalized spacial score (nSPS) is 39.3. The topological polar surface area (TPSA) is 0 Å². The fourth-order valence-corrected chi connectivity index (χ4v) is 5.07. The molecule has 17 heavy (non-hydrogen) atoms. The summed E-state index contributed by atoms with van der Waals surface area (Å²) in [6, 6.07) is 9.99. The van der Waals surface area contributed by atoms with Gasteiger partial charge in [0, 0.05) is 0 Å². The zero-order valence-corrected chi connectivity index (χ0v) is 10.5. The summed E-state index contributed by atoms with van der Waals surface area (Å²) in [6.07, 6.45) is 10.3. The number of hydrogen-bond acceptors (Lipinski definition) is 0. The van der Waals surface area contributed by atoms with Gasteiger partial charge in [0.15, 0.2) is 0 Å². The average molecular weight is 225 g/mol. The van der Waals surface area contributed by atoms with Crippen LogP contribution in [0.1, 0.15) is 55.6 Å². The van der Waals surface area contributed by atoms with Crippen LogP contribution in [-0.2, 0) is 6.42 Å². The lowest BCUT2D eigenvalue weighted by Crippen LogP contribution is -2.33. The molecule has 0 aliphatic heterocycles. The SMILES string of the molecule is [c]1ccc2c(c1)CCC1C2CCC2CCCC21. The van der Waals surface area contributed by atoms with E-state index in [1.165, 1.54) is 44.9 Å². The zero-order chi connectivity index (χ0) is 11.2. The summed E-state index contributed by atoms with van der Waals surface area (Å²) >= 11 is 0. The molecule has 0 amide bonds. The highest BCUT2D eigenvalue weighted by atomic mass is 14.5. The molecule has 0 heteroatoms. The minimum absolute atomic E-state index is 0.896. The third-order valence-electron chi connectivity index (χ3n) is 5.77. The van der Waals surface area contributed by atoms with Crippen LogP contribution in [0.2, 0.25) is 0 Å². The molecule has 0 aromatic heterocycles. The predicted molar refractivity (Wildman–Crippen MR) is 69.9 cm³/mol. The van der Waals surface area contributed by atoms with E-state index in [9.17, 15) is 0 Å². The van der Waals surface area contributed by atoms with Gasteiger partial charge in [0.1, 0.15) is 0 Å². The van der Waals surface area contributed by atoms with E-state index in [0.29, 0.717) is 0 Å². The second kappa shape index (κ2) is 3.86. The first kappa shape index (κ1) is 10.2. The van der Waals surface area contributed by atoms with Crippen LogP contribution in [0.25, 0.3) is 0 Å². The molecule has 0 spiro atoms. The Balaban J connectivity index is 1.71. The summed E-state index contributed by atoms with van der Waals surface area (Å²) in [5.74, 6) is 4.08. The number of benzene rings is 1. The molecule has 3 aliphatic carbocycles. The summed E-state index contributed by atoms with van der Waals surface area (Å²) in [4.78, 5) is 0. The lowest BCUT2D eigenvalue weighted by Gasteiger charge is -2.44. The average Bonchev–Trinajstić information content (AvgIpc) is 2.86. The summed E-state index contributed by atoms with van der Waals surface area (Å²) in [6.45, 7) is 0. The number of fused-ring (bicyclic) bond motifs is 5. The lowest BCUT2D eigenvalue weighted by atomic mass is 9.61. The van der Waals surface area contributed by atoms with E-state index in [4.69, 9.17) is 0 Å². The summed E-state index contributed by atoms with van der Waals surface area (Å²) in [7, 11) is 0. The molecule has 2 saturated carbocycles. The van der Waals surface area contributed by atoms with E-state index >= 15 is 0 Å². The minimum Gasteiger partial charge on any atom is -0.0579 e. The fourth-order valence-electron chi connectivity index (χ4n) is 5.07. The lowest BCUT2D eigenvalue weighted by molar-refractivity contribution is 0.137. The van der Waals surface area contributed by atoms with Crippen LogP contribution in [-0.4, -0.2) is 0 Å². The molecular formula is C17H21. The zero-order valence-electron chi connectivity index (χ0n) is 10.5. The van der Waals surface area contributed by atoms with Crippen molar-refractivity contribution in [3.63, 3.8) is 0 Å². The van der Waals surface area contributed by atoms with Gasteiger partial charge >= 0.3 is 0 Å². The molecule has 89 valence electrons. The molecule has 4 rings (SSSR count). The second-order valence-corrected chi connectivity index (χ2v) is 6.37. The number of rotatable bonds is 0. The van der Waals surface area contributed by atoms with Crippen molar-refractivity contribution in [2.45, 2.75) is 50.9 Å². The maximum atomic E-state index is 3.26. The summed E-state index contributed by atoms with van der Waals surface area (Å²) in [5, 5.41) is 0. The molecule has 0 nitrogen and oxygen atoms in total. The van der Waals surface area contributed by atoms with Crippen LogP contribution in [0.5, 0.6) is 0 Å². The van der Waals surface area contributed by atoms with Gasteiger partial charge in [-0.25, -0.2) is 0 Å². The Bertz CT molecular complexity index is 420. The Morgan fingerprint density at radius 1 is 1.00 bits per heavy atom. The van der Waals surface area contributed by atoms with Gasteiger partial charge in [0.25, 0.3) is 0 Å². The third-order valence-corrected chi connectivity index (χ3v) is 5.77. The van der Waals surface area contributed by atoms with Crippen molar-refractivity contribution in [3.05, 3.63) is 35.4 Å². The van der Waals surface area contributed by atoms with Crippen LogP contribution in [0.4, 0.5) is 0 Å². The van der Waals surface area contributed by atoms with Crippen LogP contribution < -0.4 is 0 Å². The molecule has 0 heterocycles. The highest BCUT2D eigenvalue weighted by Gasteiger charge is 2.43. The highest BCUT2D eigenvalue weighted by molar-refractivity contribution is 5.33. The standard InChI is InChI=1S/C17H21/c1-2-6-14-12(4-1)8-10-17-15-7-3-5-13(15)9-11-16(14)17/h2,4,6,13,15-17H,3,5,7-11H2. The van der Waals surface area contributed by atoms with Gasteiger partial charge in [-0.15, -0.1) is 0 Å². The van der Waals surface area contributed by atoms with E-state index < -0.39 is 0 Å². The van der Waals surface area contributed by atoms with Crippen molar-refractivity contribution in [2.75, 3.05) is 0 Å². The van der Waals surface area contributed by atoms with E-state index in [2.05, 4.69) is 24.3 Å². The number of hydrogen-bond donors (Lipinski definition) is 0. The first-order chi connectivity index (χ1) is 8.43. The van der Waals surface area contributed by atoms with Crippen molar-refractivity contribution in [3.8, 4) is 0 Å². The minimum atomic E-state index is 0.896. The van der Waals surface area contributed by atoms with Gasteiger partial charge in [-0.05, 0) is 73.0 Å². The van der Waals surface area contributed by atoms with Gasteiger partial charge in [0.05, 0.1) is 0 Å². The monoisotopic (exact) mass is 225 g/mol. The molecule has 0 saturated heterocycles. The summed E-state index contributed by atoms with van der Waals surface area (Å²) < 4.78 is 0. The molecule has 1 aromatic carbocycles. The Kier molecular flexibility index (Phi) is 2.31. The van der Waals surface area contributed by atoms with Crippen molar-refractivity contribution < 1.29 is 0 Å². The summed E-state index contributed by atoms with van der Waals surface area (Å²) in [5.41, 5.74) is 3.29. The van der Waals surface area contributed by atoms with Gasteiger partial charge in [-0.3, -0.25) is 0 Å². The maximum Gasteiger partial charge on any atom is -0.0128 e. The fraction of sp³-hybridized carbons (Fsp3) is 0.647. The predicted octanol–water partition coefficient (Wildman–Crippen LogP) is 4.34. The molecule has 1 aromatic rings. The molecule has 4 atom stereocenters. The largest absolute Gasteiger partial charge is 0.0579 e. The van der Waals surface area contributed by atoms with E-state index in [1.54, 1.807) is 11.1 Å². The quantitative estimate of drug-likeness (QED) is 0.616. The molecule has 0 N–H and O–H groups in total. The highest BCUT2D eigenvalue weighted by Crippen LogP contribution is 2.54. The molecule has 4 unspecified atom stereocenters. The van der Waals surface area contributed by atoms with Crippen molar-refractivity contribution in [2.24, 2.45) is 17.8 Å². The van der Waals surface area contributed by atoms with E-state index in [-0.39, 0.29) is 0 Å². The Morgan fingerprint density at radius 2 is 2.00 bits per heavy atom. The Labute approximate surface area is 104 Å². The maximum absolute atomic E-state index is 3.26. The molecular weight excluding hydrogens is 204 g/mol. The van der Waals surface area contributed by atoms with Crippen molar-refractivity contribution in [1.82, 2.24) is 0 Å². The Hall–Kier alpha value is -0.780. The van der Waals surface area contributed by atoms with Crippen LogP contribution >= 0.6 is 0 Å². The molecule has 1 radical (unpaired) electrons. The van der Waals surface area contributed by atoms with E-state index in [0.717, 1.165) is 23.7 Å². The second-order valence-electron chi connectivity index (χ2n) is 6.37. The smallest absolute Gasteiger partial charge is 0.0128 e. The van der Waals surface area contributed by atoms with Crippen LogP contribution in [0.3, 0.4) is 0 Å². The van der Waals surface area contributed by atoms with Crippen molar-refractivity contribution in [1.29, 1.82) is 0 Å². The van der Waals surface area contributed by atoms with Gasteiger partial charge in [0.2, 0.25) is 0 Å². The van der Waals surface area contributed by atoms with Gasteiger partial charge in [-0.1, -0.05) is 31.0 Å². The van der Waals surface area contributed by atoms with Gasteiger partial charge in [-0.2, -0.15) is 0 Å².